The number of amides is 4. The predicted molar refractivity (Wildman–Crippen MR) is 243 cm³/mol. The van der Waals surface area contributed by atoms with Crippen LogP contribution in [0, 0.1) is 0 Å². The lowest BCUT2D eigenvalue weighted by atomic mass is 9.98. The van der Waals surface area contributed by atoms with Crippen molar-refractivity contribution >= 4 is 24.0 Å². The third-order valence-electron chi connectivity index (χ3n) is 12.1. The van der Waals surface area contributed by atoms with Gasteiger partial charge in [0.25, 0.3) is 0 Å². The van der Waals surface area contributed by atoms with Crippen LogP contribution in [0.5, 0.6) is 0 Å². The molecule has 2 aliphatic rings. The third-order valence-corrected chi connectivity index (χ3v) is 12.1. The van der Waals surface area contributed by atoms with E-state index in [0.29, 0.717) is 11.1 Å². The first-order valence-corrected chi connectivity index (χ1v) is 21.6. The van der Waals surface area contributed by atoms with Crippen molar-refractivity contribution in [2.75, 3.05) is 26.4 Å². The van der Waals surface area contributed by atoms with Crippen molar-refractivity contribution in [3.63, 3.8) is 0 Å². The van der Waals surface area contributed by atoms with Crippen LogP contribution >= 0.6 is 0 Å². The molecular formula is C52H50N4O9. The lowest BCUT2D eigenvalue weighted by Crippen LogP contribution is -2.54. The van der Waals surface area contributed by atoms with Crippen molar-refractivity contribution in [3.05, 3.63) is 191 Å². The van der Waals surface area contributed by atoms with Crippen molar-refractivity contribution in [1.82, 2.24) is 21.3 Å². The zero-order chi connectivity index (χ0) is 45.3. The second kappa shape index (κ2) is 20.5. The molecule has 0 heterocycles. The highest BCUT2D eigenvalue weighted by molar-refractivity contribution is 5.88. The number of ether oxygens (including phenoxy) is 2. The monoisotopic (exact) mass is 874 g/mol. The largest absolute Gasteiger partial charge is 0.449 e. The van der Waals surface area contributed by atoms with Crippen LogP contribution in [0.15, 0.2) is 158 Å². The Hall–Kier alpha value is -7.32. The van der Waals surface area contributed by atoms with Crippen LogP contribution in [-0.4, -0.2) is 83.8 Å². The van der Waals surface area contributed by atoms with Gasteiger partial charge in [0, 0.05) is 18.4 Å². The molecule has 0 spiro atoms. The molecule has 332 valence electrons. The standard InChI is InChI=1S/C52H50N4O9/c57-29-34(54-50(61)46(48(59)33-17-5-2-6-18-33)56-52(63)65-31-44-41-25-13-9-21-37(41)38-22-10-14-26-42(38)44)27-28-53-49(60)45(47(58)32-15-3-1-4-16-32)55-51(62)64-30-43-39-23-11-7-19-35(39)36-20-8-12-24-40(36)43/h1-26,34,43-48,57-59H,27-31H2,(H,53,60)(H,54,61)(H,55,62)(H,56,63)/t34-,45-,46-,47+,48+/m0/s1. The van der Waals surface area contributed by atoms with E-state index in [9.17, 15) is 34.5 Å². The summed E-state index contributed by atoms with van der Waals surface area (Å²) in [6.45, 7) is -0.705. The highest BCUT2D eigenvalue weighted by Crippen LogP contribution is 2.45. The van der Waals surface area contributed by atoms with E-state index in [1.807, 2.05) is 97.1 Å². The van der Waals surface area contributed by atoms with Gasteiger partial charge < -0.3 is 46.1 Å². The van der Waals surface area contributed by atoms with Crippen molar-refractivity contribution in [2.24, 2.45) is 0 Å². The van der Waals surface area contributed by atoms with Crippen LogP contribution in [-0.2, 0) is 19.1 Å². The fraction of sp³-hybridized carbons (Fsp3) is 0.231. The molecule has 2 aliphatic carbocycles. The zero-order valence-electron chi connectivity index (χ0n) is 35.4. The van der Waals surface area contributed by atoms with E-state index in [0.717, 1.165) is 44.5 Å². The molecule has 0 fully saturated rings. The van der Waals surface area contributed by atoms with E-state index >= 15 is 0 Å². The highest BCUT2D eigenvalue weighted by atomic mass is 16.6. The Labute approximate surface area is 376 Å². The Kier molecular flexibility index (Phi) is 13.9. The predicted octanol–water partition coefficient (Wildman–Crippen LogP) is 6.25. The number of carbonyl (C=O) groups is 4. The normalized spacial score (nSPS) is 14.8. The molecule has 0 aromatic heterocycles. The number of hydrogen-bond donors (Lipinski definition) is 7. The van der Waals surface area contributed by atoms with Gasteiger partial charge in [0.2, 0.25) is 11.8 Å². The molecule has 0 radical (unpaired) electrons. The minimum Gasteiger partial charge on any atom is -0.449 e. The molecule has 0 aliphatic heterocycles. The Bertz CT molecular complexity index is 2540. The summed E-state index contributed by atoms with van der Waals surface area (Å²) >= 11 is 0. The van der Waals surface area contributed by atoms with Crippen molar-refractivity contribution in [3.8, 4) is 22.3 Å². The molecule has 65 heavy (non-hydrogen) atoms. The molecule has 0 saturated carbocycles. The van der Waals surface area contributed by atoms with Gasteiger partial charge in [0.15, 0.2) is 0 Å². The van der Waals surface area contributed by atoms with Crippen LogP contribution in [0.3, 0.4) is 0 Å². The van der Waals surface area contributed by atoms with E-state index in [4.69, 9.17) is 9.47 Å². The lowest BCUT2D eigenvalue weighted by molar-refractivity contribution is -0.127. The molecule has 4 amide bonds. The molecule has 8 rings (SSSR count). The van der Waals surface area contributed by atoms with Gasteiger partial charge in [0.1, 0.15) is 37.5 Å². The number of fused-ring (bicyclic) bond motifs is 6. The molecule has 0 saturated heterocycles. The van der Waals surface area contributed by atoms with Gasteiger partial charge >= 0.3 is 12.2 Å². The molecular weight excluding hydrogens is 825 g/mol. The average Bonchev–Trinajstić information content (AvgIpc) is 3.85. The van der Waals surface area contributed by atoms with Crippen molar-refractivity contribution < 1.29 is 44.0 Å². The number of aliphatic hydroxyl groups is 3. The van der Waals surface area contributed by atoms with E-state index in [-0.39, 0.29) is 38.0 Å². The molecule has 6 aromatic rings. The molecule has 0 bridgehead atoms. The molecule has 5 atom stereocenters. The molecule has 13 nitrogen and oxygen atoms in total. The number of rotatable bonds is 17. The van der Waals surface area contributed by atoms with Gasteiger partial charge in [0.05, 0.1) is 12.6 Å². The van der Waals surface area contributed by atoms with Crippen molar-refractivity contribution in [1.29, 1.82) is 0 Å². The molecule has 6 aromatic carbocycles. The Morgan fingerprint density at radius 1 is 0.477 bits per heavy atom. The Balaban J connectivity index is 0.894. The number of hydrogen-bond acceptors (Lipinski definition) is 9. The van der Waals surface area contributed by atoms with Gasteiger partial charge in [-0.3, -0.25) is 9.59 Å². The summed E-state index contributed by atoms with van der Waals surface area (Å²) in [6.07, 6.45) is -4.81. The average molecular weight is 875 g/mol. The molecule has 0 unspecified atom stereocenters. The maximum absolute atomic E-state index is 13.9. The van der Waals surface area contributed by atoms with Crippen molar-refractivity contribution in [2.45, 2.75) is 48.6 Å². The first-order valence-electron chi connectivity index (χ1n) is 21.6. The summed E-state index contributed by atoms with van der Waals surface area (Å²) in [5.41, 5.74) is 8.98. The number of alkyl carbamates (subject to hydrolysis) is 2. The number of benzene rings is 6. The van der Waals surface area contributed by atoms with Gasteiger partial charge in [-0.05, 0) is 62.1 Å². The number of aliphatic hydroxyl groups excluding tert-OH is 3. The van der Waals surface area contributed by atoms with Gasteiger partial charge in [-0.1, -0.05) is 158 Å². The SMILES string of the molecule is O=C(N[C@H](C(=O)NCC[C@@H](CO)NC(=O)[C@@H](NC(=O)OCC1c2ccccc2-c2ccccc21)[C@H](O)c1ccccc1)[C@H](O)c1ccccc1)OCC1c2ccccc2-c2ccccc21. The lowest BCUT2D eigenvalue weighted by Gasteiger charge is -2.27. The van der Waals surface area contributed by atoms with E-state index in [2.05, 4.69) is 21.3 Å². The smallest absolute Gasteiger partial charge is 0.407 e. The topological polar surface area (TPSA) is 196 Å². The zero-order valence-corrected chi connectivity index (χ0v) is 35.4. The summed E-state index contributed by atoms with van der Waals surface area (Å²) in [4.78, 5) is 54.4. The summed E-state index contributed by atoms with van der Waals surface area (Å²) in [5, 5.41) is 43.6. The molecule has 13 heteroatoms. The first-order chi connectivity index (χ1) is 31.7. The van der Waals surface area contributed by atoms with E-state index in [1.54, 1.807) is 60.7 Å². The van der Waals surface area contributed by atoms with E-state index < -0.39 is 60.9 Å². The Morgan fingerprint density at radius 2 is 0.831 bits per heavy atom. The van der Waals surface area contributed by atoms with Gasteiger partial charge in [-0.25, -0.2) is 9.59 Å². The van der Waals surface area contributed by atoms with Gasteiger partial charge in [-0.2, -0.15) is 0 Å². The summed E-state index contributed by atoms with van der Waals surface area (Å²) in [7, 11) is 0. The third kappa shape index (κ3) is 9.92. The van der Waals surface area contributed by atoms with Crippen LogP contribution < -0.4 is 21.3 Å². The second-order valence-electron chi connectivity index (χ2n) is 16.1. The summed E-state index contributed by atoms with van der Waals surface area (Å²) in [5.74, 6) is -2.02. The molecule has 7 N–H and O–H groups in total. The fourth-order valence-electron chi connectivity index (χ4n) is 8.77. The fourth-order valence-corrected chi connectivity index (χ4v) is 8.77. The highest BCUT2D eigenvalue weighted by Gasteiger charge is 2.35. The minimum atomic E-state index is -1.54. The van der Waals surface area contributed by atoms with Crippen LogP contribution in [0.4, 0.5) is 9.59 Å². The maximum Gasteiger partial charge on any atom is 0.407 e. The summed E-state index contributed by atoms with van der Waals surface area (Å²) in [6, 6.07) is 44.3. The maximum atomic E-state index is 13.9. The number of carbonyl (C=O) groups excluding carboxylic acids is 4. The van der Waals surface area contributed by atoms with Crippen LogP contribution in [0.1, 0.15) is 63.8 Å². The second-order valence-corrected chi connectivity index (χ2v) is 16.1. The summed E-state index contributed by atoms with van der Waals surface area (Å²) < 4.78 is 11.4. The first kappa shape index (κ1) is 44.3. The quantitative estimate of drug-likeness (QED) is 0.0555. The Morgan fingerprint density at radius 3 is 1.22 bits per heavy atom. The van der Waals surface area contributed by atoms with Gasteiger partial charge in [-0.15, -0.1) is 0 Å². The minimum absolute atomic E-state index is 0.00776. The van der Waals surface area contributed by atoms with Crippen LogP contribution in [0.2, 0.25) is 0 Å². The van der Waals surface area contributed by atoms with E-state index in [1.165, 1.54) is 0 Å². The number of nitrogens with one attached hydrogen (secondary N) is 4. The van der Waals surface area contributed by atoms with Crippen LogP contribution in [0.25, 0.3) is 22.3 Å².